The maximum atomic E-state index is 4.61. The van der Waals surface area contributed by atoms with E-state index in [4.69, 9.17) is 0 Å². The average molecular weight is 282 g/mol. The summed E-state index contributed by atoms with van der Waals surface area (Å²) in [5.41, 5.74) is 0.939. The van der Waals surface area contributed by atoms with Gasteiger partial charge < -0.3 is 10.6 Å². The van der Waals surface area contributed by atoms with Crippen LogP contribution in [0.1, 0.15) is 20.8 Å². The highest BCUT2D eigenvalue weighted by atomic mass is 15.1. The van der Waals surface area contributed by atoms with Gasteiger partial charge in [0.1, 0.15) is 11.6 Å². The van der Waals surface area contributed by atoms with Crippen LogP contribution in [0.25, 0.3) is 11.4 Å². The molecule has 21 heavy (non-hydrogen) atoms. The number of hydrogen-bond acceptors (Lipinski definition) is 4. The van der Waals surface area contributed by atoms with Gasteiger partial charge in [-0.1, -0.05) is 36.4 Å². The highest BCUT2D eigenvalue weighted by Crippen LogP contribution is 2.22. The zero-order chi connectivity index (χ0) is 15.3. The summed E-state index contributed by atoms with van der Waals surface area (Å²) in [7, 11) is 0. The third-order valence-corrected chi connectivity index (χ3v) is 2.69. The Labute approximate surface area is 126 Å². The van der Waals surface area contributed by atoms with Crippen LogP contribution in [-0.4, -0.2) is 22.1 Å². The smallest absolute Gasteiger partial charge is 0.163 e. The molecule has 0 atom stereocenters. The van der Waals surface area contributed by atoms with Crippen molar-refractivity contribution >= 4 is 11.6 Å². The summed E-state index contributed by atoms with van der Waals surface area (Å²) in [6.07, 6.45) is 1.81. The van der Waals surface area contributed by atoms with Gasteiger partial charge in [-0.15, -0.1) is 6.58 Å². The molecule has 0 amide bonds. The fourth-order valence-corrected chi connectivity index (χ4v) is 1.88. The minimum Gasteiger partial charge on any atom is -0.366 e. The van der Waals surface area contributed by atoms with E-state index in [1.54, 1.807) is 6.08 Å². The maximum absolute atomic E-state index is 4.61. The summed E-state index contributed by atoms with van der Waals surface area (Å²) in [6.45, 7) is 10.7. The van der Waals surface area contributed by atoms with Crippen LogP contribution in [0.15, 0.2) is 49.1 Å². The molecule has 4 heteroatoms. The first-order valence-electron chi connectivity index (χ1n) is 7.05. The van der Waals surface area contributed by atoms with Gasteiger partial charge in [-0.25, -0.2) is 9.97 Å². The second-order valence-corrected chi connectivity index (χ2v) is 5.87. The minimum atomic E-state index is -0.0575. The molecule has 0 aliphatic carbocycles. The van der Waals surface area contributed by atoms with Crippen LogP contribution < -0.4 is 10.6 Å². The molecule has 2 aromatic rings. The van der Waals surface area contributed by atoms with E-state index in [1.165, 1.54) is 0 Å². The Kier molecular flexibility index (Phi) is 4.58. The molecule has 0 aliphatic heterocycles. The van der Waals surface area contributed by atoms with E-state index in [9.17, 15) is 0 Å². The second-order valence-electron chi connectivity index (χ2n) is 5.87. The maximum Gasteiger partial charge on any atom is 0.163 e. The largest absolute Gasteiger partial charge is 0.366 e. The molecule has 1 heterocycles. The van der Waals surface area contributed by atoms with Crippen molar-refractivity contribution in [2.45, 2.75) is 26.3 Å². The Morgan fingerprint density at radius 1 is 1.10 bits per heavy atom. The molecule has 0 saturated carbocycles. The van der Waals surface area contributed by atoms with Crippen LogP contribution in [0.4, 0.5) is 11.6 Å². The fourth-order valence-electron chi connectivity index (χ4n) is 1.88. The molecule has 0 fully saturated rings. The van der Waals surface area contributed by atoms with Gasteiger partial charge in [-0.2, -0.15) is 0 Å². The summed E-state index contributed by atoms with van der Waals surface area (Å²) >= 11 is 0. The lowest BCUT2D eigenvalue weighted by Gasteiger charge is -2.22. The number of hydrogen-bond donors (Lipinski definition) is 2. The highest BCUT2D eigenvalue weighted by molar-refractivity contribution is 5.61. The molecule has 1 aromatic heterocycles. The molecule has 0 aliphatic rings. The zero-order valence-corrected chi connectivity index (χ0v) is 12.9. The number of aromatic nitrogens is 2. The van der Waals surface area contributed by atoms with E-state index in [0.717, 1.165) is 17.2 Å². The number of benzene rings is 1. The first kappa shape index (κ1) is 15.0. The molecule has 2 N–H and O–H groups in total. The van der Waals surface area contributed by atoms with Crippen molar-refractivity contribution in [1.29, 1.82) is 0 Å². The van der Waals surface area contributed by atoms with Gasteiger partial charge in [-0.3, -0.25) is 0 Å². The van der Waals surface area contributed by atoms with Crippen molar-refractivity contribution < 1.29 is 0 Å². The van der Waals surface area contributed by atoms with E-state index < -0.39 is 0 Å². The first-order chi connectivity index (χ1) is 9.98. The van der Waals surface area contributed by atoms with Gasteiger partial charge in [0.25, 0.3) is 0 Å². The number of nitrogens with one attached hydrogen (secondary N) is 2. The molecule has 1 aromatic carbocycles. The number of nitrogens with zero attached hydrogens (tertiary/aromatic N) is 2. The molecule has 0 spiro atoms. The van der Waals surface area contributed by atoms with Crippen LogP contribution in [0, 0.1) is 0 Å². The summed E-state index contributed by atoms with van der Waals surface area (Å²) < 4.78 is 0. The van der Waals surface area contributed by atoms with E-state index in [1.807, 2.05) is 36.4 Å². The Morgan fingerprint density at radius 3 is 2.38 bits per heavy atom. The van der Waals surface area contributed by atoms with Crippen molar-refractivity contribution in [2.75, 3.05) is 17.2 Å². The first-order valence-corrected chi connectivity index (χ1v) is 7.05. The SMILES string of the molecule is C=CCNc1cc(NC(C)(C)C)nc(-c2ccccc2)n1. The van der Waals surface area contributed by atoms with E-state index in [2.05, 4.69) is 48.0 Å². The summed E-state index contributed by atoms with van der Waals surface area (Å²) in [4.78, 5) is 9.17. The fraction of sp³-hybridized carbons (Fsp3) is 0.294. The normalized spacial score (nSPS) is 11.0. The van der Waals surface area contributed by atoms with Crippen LogP contribution in [0.2, 0.25) is 0 Å². The van der Waals surface area contributed by atoms with E-state index >= 15 is 0 Å². The lowest BCUT2D eigenvalue weighted by atomic mass is 10.1. The molecule has 0 saturated heterocycles. The van der Waals surface area contributed by atoms with Crippen LogP contribution in [-0.2, 0) is 0 Å². The Bertz CT molecular complexity index is 600. The van der Waals surface area contributed by atoms with Gasteiger partial charge in [-0.05, 0) is 20.8 Å². The van der Waals surface area contributed by atoms with Crippen molar-refractivity contribution in [1.82, 2.24) is 9.97 Å². The lowest BCUT2D eigenvalue weighted by Crippen LogP contribution is -2.27. The topological polar surface area (TPSA) is 49.8 Å². The van der Waals surface area contributed by atoms with Crippen molar-refractivity contribution in [3.05, 3.63) is 49.1 Å². The Hall–Kier alpha value is -2.36. The van der Waals surface area contributed by atoms with Crippen molar-refractivity contribution in [2.24, 2.45) is 0 Å². The molecule has 0 unspecified atom stereocenters. The summed E-state index contributed by atoms with van der Waals surface area (Å²) in [5.74, 6) is 2.30. The predicted octanol–water partition coefficient (Wildman–Crippen LogP) is 3.95. The van der Waals surface area contributed by atoms with Crippen LogP contribution in [0.5, 0.6) is 0 Å². The van der Waals surface area contributed by atoms with Crippen LogP contribution >= 0.6 is 0 Å². The molecule has 4 nitrogen and oxygen atoms in total. The standard InChI is InChI=1S/C17H22N4/c1-5-11-18-14-12-15(21-17(2,3)4)20-16(19-14)13-9-7-6-8-10-13/h5-10,12H,1,11H2,2-4H3,(H2,18,19,20,21). The lowest BCUT2D eigenvalue weighted by molar-refractivity contribution is 0.630. The molecular formula is C17H22N4. The third kappa shape index (κ3) is 4.60. The number of rotatable bonds is 5. The minimum absolute atomic E-state index is 0.0575. The van der Waals surface area contributed by atoms with Gasteiger partial charge in [0.05, 0.1) is 0 Å². The van der Waals surface area contributed by atoms with E-state index in [0.29, 0.717) is 12.4 Å². The number of anilines is 2. The third-order valence-electron chi connectivity index (χ3n) is 2.69. The van der Waals surface area contributed by atoms with Crippen LogP contribution in [0.3, 0.4) is 0 Å². The van der Waals surface area contributed by atoms with Gasteiger partial charge >= 0.3 is 0 Å². The van der Waals surface area contributed by atoms with Gasteiger partial charge in [0.2, 0.25) is 0 Å². The van der Waals surface area contributed by atoms with E-state index in [-0.39, 0.29) is 5.54 Å². The molecule has 0 radical (unpaired) electrons. The average Bonchev–Trinajstić information content (AvgIpc) is 2.44. The summed E-state index contributed by atoms with van der Waals surface area (Å²) in [6, 6.07) is 11.9. The van der Waals surface area contributed by atoms with Gasteiger partial charge in [0, 0.05) is 23.7 Å². The Balaban J connectivity index is 2.39. The Morgan fingerprint density at radius 2 is 1.76 bits per heavy atom. The zero-order valence-electron chi connectivity index (χ0n) is 12.9. The van der Waals surface area contributed by atoms with Crippen molar-refractivity contribution in [3.63, 3.8) is 0 Å². The molecule has 0 bridgehead atoms. The predicted molar refractivity (Wildman–Crippen MR) is 89.5 cm³/mol. The van der Waals surface area contributed by atoms with Gasteiger partial charge in [0.15, 0.2) is 5.82 Å². The molecular weight excluding hydrogens is 260 g/mol. The second kappa shape index (κ2) is 6.39. The van der Waals surface area contributed by atoms with Crippen molar-refractivity contribution in [3.8, 4) is 11.4 Å². The molecule has 110 valence electrons. The highest BCUT2D eigenvalue weighted by Gasteiger charge is 2.13. The summed E-state index contributed by atoms with van der Waals surface area (Å²) in [5, 5.41) is 6.61. The molecule has 2 rings (SSSR count). The monoisotopic (exact) mass is 282 g/mol. The quantitative estimate of drug-likeness (QED) is 0.815.